The van der Waals surface area contributed by atoms with Gasteiger partial charge in [0.25, 0.3) is 0 Å². The van der Waals surface area contributed by atoms with Crippen molar-refractivity contribution in [3.05, 3.63) is 448 Å². The zero-order chi connectivity index (χ0) is 92.6. The van der Waals surface area contributed by atoms with Gasteiger partial charge in [-0.05, 0) is 264 Å². The predicted octanol–water partition coefficient (Wildman–Crippen LogP) is 37.9. The molecule has 0 saturated heterocycles. The molecule has 656 valence electrons. The van der Waals surface area contributed by atoms with E-state index < -0.39 is 0 Å². The van der Waals surface area contributed by atoms with Crippen LogP contribution in [0.3, 0.4) is 0 Å². The predicted molar refractivity (Wildman–Crippen MR) is 603 cm³/mol. The number of aromatic nitrogens is 6. The molecule has 0 aliphatic rings. The smallest absolute Gasteiger partial charge is 0.124 e. The van der Waals surface area contributed by atoms with Crippen LogP contribution in [0.5, 0.6) is 0 Å². The SMILES string of the molecule is Cc1ccc2nc(-c3cccc(-c4c5ccccc5c(-c5cccc(-c6nc7ccc(C)cc7s6)c5)c5c(-c6ccccc6)c6ccccc6c(-c6ccccc6)c45)c3)sc2c1.c1ccc2sc(-c3ccc(-c4c5ccccc5c(-c5ccc(-c6nc7ccccc7s6)cc5)c5c(-c6ccc(-c7nc8ccccc8s7)cc6)c6ccccc6c(-c6ccc(-c7nc8ccccc8s7)cc6)c45)cc3)nc2c1. The normalized spacial score (nSPS) is 11.8. The first kappa shape index (κ1) is 83.1. The Bertz CT molecular complexity index is 8830. The van der Waals surface area contributed by atoms with E-state index in [1.807, 2.05) is 0 Å². The highest BCUT2D eigenvalue weighted by Crippen LogP contribution is 2.58. The molecule has 22 aromatic carbocycles. The summed E-state index contributed by atoms with van der Waals surface area (Å²) in [6.07, 6.45) is 0. The second-order valence-electron chi connectivity index (χ2n) is 35.8. The van der Waals surface area contributed by atoms with Gasteiger partial charge in [-0.3, -0.25) is 0 Å². The van der Waals surface area contributed by atoms with E-state index in [1.165, 1.54) is 160 Å². The molecule has 0 N–H and O–H groups in total. The van der Waals surface area contributed by atoms with Crippen molar-refractivity contribution in [1.29, 1.82) is 0 Å². The fourth-order valence-corrected chi connectivity index (χ4v) is 26.9. The number of thiazole rings is 6. The molecule has 0 aliphatic heterocycles. The molecular formula is C128H78N6S6. The minimum absolute atomic E-state index is 1.01. The third-order valence-electron chi connectivity index (χ3n) is 27.2. The molecular weight excluding hydrogens is 1810 g/mol. The summed E-state index contributed by atoms with van der Waals surface area (Å²) >= 11 is 10.5. The Hall–Kier alpha value is -16.3. The number of hydrogen-bond donors (Lipinski definition) is 0. The molecule has 0 atom stereocenters. The lowest BCUT2D eigenvalue weighted by atomic mass is 9.77. The van der Waals surface area contributed by atoms with Crippen LogP contribution in [0.1, 0.15) is 11.1 Å². The molecule has 0 aliphatic carbocycles. The monoisotopic (exact) mass is 1890 g/mol. The van der Waals surface area contributed by atoms with E-state index in [0.29, 0.717) is 0 Å². The van der Waals surface area contributed by atoms with E-state index >= 15 is 0 Å². The number of rotatable bonds is 14. The number of fused-ring (bicyclic) bond motifs is 12. The van der Waals surface area contributed by atoms with Gasteiger partial charge >= 0.3 is 0 Å². The lowest BCUT2D eigenvalue weighted by Crippen LogP contribution is -1.98. The summed E-state index contributed by atoms with van der Waals surface area (Å²) in [5.41, 5.74) is 34.2. The first-order valence-electron chi connectivity index (χ1n) is 47.0. The number of para-hydroxylation sites is 4. The Morgan fingerprint density at radius 3 is 0.579 bits per heavy atom. The zero-order valence-electron chi connectivity index (χ0n) is 75.7. The molecule has 0 saturated carbocycles. The number of benzene rings is 22. The standard InChI is InChI=1S/C70H40N4S4.C58H38N2S2/c1-2-14-50-49(13-1)61(41-25-33-45(34-26-41)67-71-53-17-5-9-21-57(53)75-67)65-63(43-29-37-47(38-30-43)69-73-55-19-7-11-23-59(55)77-69)51-15-3-4-16-52(51)64(44-31-39-48(40-32-44)70-74-56-20-8-12-24-60(56)78-70)66(65)62(50)42-27-35-46(36-28-42)68-72-54-18-6-10-22-58(54)76-68;1-35-27-29-47-49(31-35)61-57(59-47)41-21-13-19-39(33-41)53-45-25-11-12-26-46(45)54(40-20-14-22-42(34-40)58-60-48-30-28-36(2)32-50(48)62-58)56-52(38-17-7-4-8-18-38)44-24-10-9-23-43(44)51(55(53)56)37-15-5-3-6-16-37/h1-40H;3-34H,1-2H3. The van der Waals surface area contributed by atoms with E-state index in [4.69, 9.17) is 29.9 Å². The molecule has 0 bridgehead atoms. The van der Waals surface area contributed by atoms with Crippen LogP contribution < -0.4 is 0 Å². The summed E-state index contributed by atoms with van der Waals surface area (Å²) in [5, 5.41) is 20.6. The molecule has 28 rings (SSSR count). The van der Waals surface area contributed by atoms with Gasteiger partial charge in [0.1, 0.15) is 30.0 Å². The number of aryl methyl sites for hydroxylation is 2. The van der Waals surface area contributed by atoms with Gasteiger partial charge < -0.3 is 0 Å². The highest BCUT2D eigenvalue weighted by Gasteiger charge is 2.31. The van der Waals surface area contributed by atoms with Crippen LogP contribution >= 0.6 is 68.0 Å². The van der Waals surface area contributed by atoms with Crippen LogP contribution in [0.15, 0.2) is 437 Å². The fraction of sp³-hybridized carbons (Fsp3) is 0.0156. The van der Waals surface area contributed by atoms with E-state index in [0.717, 1.165) is 130 Å². The molecule has 0 spiro atoms. The third kappa shape index (κ3) is 14.5. The molecule has 6 heterocycles. The Labute approximate surface area is 830 Å². The van der Waals surface area contributed by atoms with Crippen LogP contribution in [0, 0.1) is 13.8 Å². The Kier molecular flexibility index (Phi) is 20.5. The molecule has 0 unspecified atom stereocenters. The van der Waals surface area contributed by atoms with Gasteiger partial charge in [-0.1, -0.05) is 352 Å². The number of hydrogen-bond acceptors (Lipinski definition) is 12. The molecule has 0 radical (unpaired) electrons. The molecule has 28 aromatic rings. The molecule has 6 aromatic heterocycles. The lowest BCUT2D eigenvalue weighted by molar-refractivity contribution is 1.45. The third-order valence-corrected chi connectivity index (χ3v) is 33.7. The summed E-state index contributed by atoms with van der Waals surface area (Å²) < 4.78 is 7.15. The van der Waals surface area contributed by atoms with Gasteiger partial charge in [-0.2, -0.15) is 0 Å². The van der Waals surface area contributed by atoms with Crippen LogP contribution in [0.4, 0.5) is 0 Å². The van der Waals surface area contributed by atoms with Crippen molar-refractivity contribution in [2.45, 2.75) is 13.8 Å². The first-order valence-corrected chi connectivity index (χ1v) is 51.9. The highest BCUT2D eigenvalue weighted by molar-refractivity contribution is 7.23. The van der Waals surface area contributed by atoms with E-state index in [9.17, 15) is 0 Å². The average molecular weight is 1890 g/mol. The van der Waals surface area contributed by atoms with Crippen LogP contribution in [-0.2, 0) is 0 Å². The van der Waals surface area contributed by atoms with Gasteiger partial charge in [0.15, 0.2) is 0 Å². The maximum Gasteiger partial charge on any atom is 0.124 e. The van der Waals surface area contributed by atoms with Gasteiger partial charge in [-0.15, -0.1) is 68.0 Å². The van der Waals surface area contributed by atoms with Crippen molar-refractivity contribution in [1.82, 2.24) is 29.9 Å². The van der Waals surface area contributed by atoms with Gasteiger partial charge in [-0.25, -0.2) is 29.9 Å². The van der Waals surface area contributed by atoms with Crippen molar-refractivity contribution < 1.29 is 0 Å². The number of nitrogens with zero attached hydrogens (tertiary/aromatic N) is 6. The highest BCUT2D eigenvalue weighted by atomic mass is 32.1. The van der Waals surface area contributed by atoms with Gasteiger partial charge in [0, 0.05) is 33.4 Å². The molecule has 140 heavy (non-hydrogen) atoms. The minimum Gasteiger partial charge on any atom is -0.236 e. The van der Waals surface area contributed by atoms with Gasteiger partial charge in [0.05, 0.1) is 61.3 Å². The Balaban J connectivity index is 0.000000144. The summed E-state index contributed by atoms with van der Waals surface area (Å²) in [6.45, 7) is 4.30. The van der Waals surface area contributed by atoms with Crippen LogP contribution in [0.2, 0.25) is 0 Å². The van der Waals surface area contributed by atoms with Crippen molar-refractivity contribution in [2.75, 3.05) is 0 Å². The summed E-state index contributed by atoms with van der Waals surface area (Å²) in [5.74, 6) is 0. The second-order valence-corrected chi connectivity index (χ2v) is 42.0. The topological polar surface area (TPSA) is 77.3 Å². The summed E-state index contributed by atoms with van der Waals surface area (Å²) in [7, 11) is 0. The van der Waals surface area contributed by atoms with Gasteiger partial charge in [0.2, 0.25) is 0 Å². The van der Waals surface area contributed by atoms with Crippen molar-refractivity contribution in [2.24, 2.45) is 0 Å². The second kappa shape index (κ2) is 34.5. The molecule has 6 nitrogen and oxygen atoms in total. The van der Waals surface area contributed by atoms with Crippen molar-refractivity contribution in [3.8, 4) is 152 Å². The summed E-state index contributed by atoms with van der Waals surface area (Å²) in [6, 6.07) is 160. The van der Waals surface area contributed by atoms with E-state index in [2.05, 4.69) is 451 Å². The zero-order valence-corrected chi connectivity index (χ0v) is 80.6. The maximum absolute atomic E-state index is 5.16. The largest absolute Gasteiger partial charge is 0.236 e. The summed E-state index contributed by atoms with van der Waals surface area (Å²) in [4.78, 5) is 30.7. The van der Waals surface area contributed by atoms with Crippen LogP contribution in [-0.4, -0.2) is 29.9 Å². The van der Waals surface area contributed by atoms with Crippen molar-refractivity contribution >= 4 is 194 Å². The lowest BCUT2D eigenvalue weighted by Gasteiger charge is -2.25. The fourth-order valence-electron chi connectivity index (χ4n) is 20.9. The van der Waals surface area contributed by atoms with Crippen molar-refractivity contribution in [3.63, 3.8) is 0 Å². The maximum atomic E-state index is 5.16. The Morgan fingerprint density at radius 1 is 0.136 bits per heavy atom. The Morgan fingerprint density at radius 2 is 0.321 bits per heavy atom. The minimum atomic E-state index is 1.01. The van der Waals surface area contributed by atoms with E-state index in [-0.39, 0.29) is 0 Å². The van der Waals surface area contributed by atoms with E-state index in [1.54, 1.807) is 68.0 Å². The quantitative estimate of drug-likeness (QED) is 0.101. The molecule has 0 fully saturated rings. The molecule has 0 amide bonds. The molecule has 12 heteroatoms. The van der Waals surface area contributed by atoms with Crippen LogP contribution in [0.25, 0.3) is 278 Å². The average Bonchev–Trinajstić information content (AvgIpc) is 1.26. The first-order chi connectivity index (χ1) is 69.2.